The van der Waals surface area contributed by atoms with Crippen molar-refractivity contribution in [2.45, 2.75) is 20.8 Å². The second-order valence-electron chi connectivity index (χ2n) is 4.01. The van der Waals surface area contributed by atoms with Crippen molar-refractivity contribution in [3.05, 3.63) is 37.2 Å². The van der Waals surface area contributed by atoms with E-state index >= 15 is 0 Å². The standard InChI is InChI=1S/C10H10N4O4/c1-4-5(2)10(14(17)18)8-7(9(4)13(15)16)11-6(3)12-8/h1-3H3,(H,11,12). The number of rotatable bonds is 2. The molecule has 0 bridgehead atoms. The van der Waals surface area contributed by atoms with Gasteiger partial charge in [-0.2, -0.15) is 0 Å². The molecular weight excluding hydrogens is 240 g/mol. The molecule has 0 unspecified atom stereocenters. The average molecular weight is 250 g/mol. The first-order chi connectivity index (χ1) is 8.34. The van der Waals surface area contributed by atoms with Gasteiger partial charge in [0.1, 0.15) is 5.82 Å². The van der Waals surface area contributed by atoms with Crippen molar-refractivity contribution < 1.29 is 9.85 Å². The Kier molecular flexibility index (Phi) is 2.50. The molecule has 94 valence electrons. The Morgan fingerprint density at radius 3 is 2.00 bits per heavy atom. The highest BCUT2D eigenvalue weighted by atomic mass is 16.6. The second-order valence-corrected chi connectivity index (χ2v) is 4.01. The van der Waals surface area contributed by atoms with E-state index < -0.39 is 9.85 Å². The number of aromatic amines is 1. The van der Waals surface area contributed by atoms with Crippen LogP contribution in [-0.4, -0.2) is 19.8 Å². The molecule has 2 aromatic rings. The van der Waals surface area contributed by atoms with Crippen LogP contribution in [0.2, 0.25) is 0 Å². The number of nitrogens with zero attached hydrogens (tertiary/aromatic N) is 3. The van der Waals surface area contributed by atoms with Crippen LogP contribution in [0.3, 0.4) is 0 Å². The lowest BCUT2D eigenvalue weighted by atomic mass is 10.0. The van der Waals surface area contributed by atoms with Gasteiger partial charge < -0.3 is 4.98 Å². The maximum absolute atomic E-state index is 11.1. The molecule has 0 aliphatic heterocycles. The number of hydrogen-bond acceptors (Lipinski definition) is 5. The Morgan fingerprint density at radius 2 is 1.50 bits per heavy atom. The fourth-order valence-electron chi connectivity index (χ4n) is 2.01. The number of aryl methyl sites for hydroxylation is 1. The van der Waals surface area contributed by atoms with Crippen molar-refractivity contribution in [1.82, 2.24) is 9.97 Å². The van der Waals surface area contributed by atoms with E-state index in [1.165, 1.54) is 13.8 Å². The van der Waals surface area contributed by atoms with Gasteiger partial charge in [0.2, 0.25) is 0 Å². The maximum Gasteiger partial charge on any atom is 0.300 e. The summed E-state index contributed by atoms with van der Waals surface area (Å²) in [5, 5.41) is 22.1. The monoisotopic (exact) mass is 250 g/mol. The molecule has 0 saturated carbocycles. The molecule has 1 aromatic carbocycles. The lowest BCUT2D eigenvalue weighted by Crippen LogP contribution is -2.01. The number of fused-ring (bicyclic) bond motifs is 1. The first-order valence-electron chi connectivity index (χ1n) is 5.12. The van der Waals surface area contributed by atoms with Crippen LogP contribution in [0.4, 0.5) is 11.4 Å². The fourth-order valence-corrected chi connectivity index (χ4v) is 2.01. The molecule has 2 rings (SSSR count). The molecule has 1 N–H and O–H groups in total. The number of nitrogens with one attached hydrogen (secondary N) is 1. The van der Waals surface area contributed by atoms with Gasteiger partial charge in [-0.25, -0.2) is 4.98 Å². The highest BCUT2D eigenvalue weighted by Crippen LogP contribution is 2.37. The molecule has 0 aliphatic carbocycles. The predicted molar refractivity (Wildman–Crippen MR) is 63.6 cm³/mol. The molecule has 8 nitrogen and oxygen atoms in total. The van der Waals surface area contributed by atoms with Crippen molar-refractivity contribution in [2.24, 2.45) is 0 Å². The van der Waals surface area contributed by atoms with Gasteiger partial charge in [0, 0.05) is 11.1 Å². The molecule has 1 aromatic heterocycles. The molecule has 0 spiro atoms. The Bertz CT molecular complexity index is 632. The van der Waals surface area contributed by atoms with Crippen molar-refractivity contribution >= 4 is 22.4 Å². The first kappa shape index (κ1) is 12.0. The third kappa shape index (κ3) is 1.50. The smallest absolute Gasteiger partial charge is 0.300 e. The van der Waals surface area contributed by atoms with Crippen LogP contribution in [0.5, 0.6) is 0 Å². The van der Waals surface area contributed by atoms with E-state index in [9.17, 15) is 20.2 Å². The Morgan fingerprint density at radius 1 is 1.00 bits per heavy atom. The van der Waals surface area contributed by atoms with Crippen molar-refractivity contribution in [3.63, 3.8) is 0 Å². The molecule has 0 aliphatic rings. The number of nitro benzene ring substituents is 2. The molecule has 0 radical (unpaired) electrons. The zero-order chi connectivity index (χ0) is 13.6. The summed E-state index contributed by atoms with van der Waals surface area (Å²) in [7, 11) is 0. The summed E-state index contributed by atoms with van der Waals surface area (Å²) >= 11 is 0. The lowest BCUT2D eigenvalue weighted by Gasteiger charge is -2.04. The van der Waals surface area contributed by atoms with Crippen molar-refractivity contribution in [3.8, 4) is 0 Å². The number of imidazole rings is 1. The van der Waals surface area contributed by atoms with Gasteiger partial charge in [-0.1, -0.05) is 0 Å². The molecule has 8 heteroatoms. The predicted octanol–water partition coefficient (Wildman–Crippen LogP) is 2.30. The van der Waals surface area contributed by atoms with Crippen LogP contribution in [-0.2, 0) is 0 Å². The van der Waals surface area contributed by atoms with E-state index in [0.717, 1.165) is 0 Å². The molecule has 0 amide bonds. The molecule has 18 heavy (non-hydrogen) atoms. The van der Waals surface area contributed by atoms with Crippen LogP contribution in [0.25, 0.3) is 11.0 Å². The zero-order valence-electron chi connectivity index (χ0n) is 9.97. The molecule has 0 saturated heterocycles. The van der Waals surface area contributed by atoms with Crippen molar-refractivity contribution in [2.75, 3.05) is 0 Å². The molecule has 1 heterocycles. The second kappa shape index (κ2) is 3.76. The normalized spacial score (nSPS) is 10.8. The fraction of sp³-hybridized carbons (Fsp3) is 0.300. The SMILES string of the molecule is Cc1nc2c([N+](=O)[O-])c(C)c(C)c([N+](=O)[O-])c2[nH]1. The van der Waals surface area contributed by atoms with Gasteiger partial charge >= 0.3 is 5.69 Å². The highest BCUT2D eigenvalue weighted by molar-refractivity contribution is 5.95. The zero-order valence-corrected chi connectivity index (χ0v) is 9.97. The topological polar surface area (TPSA) is 115 Å². The van der Waals surface area contributed by atoms with Gasteiger partial charge in [0.05, 0.1) is 9.85 Å². The summed E-state index contributed by atoms with van der Waals surface area (Å²) in [6.45, 7) is 4.58. The van der Waals surface area contributed by atoms with Gasteiger partial charge in [-0.05, 0) is 20.8 Å². The summed E-state index contributed by atoms with van der Waals surface area (Å²) in [6, 6.07) is 0. The number of nitro groups is 2. The lowest BCUT2D eigenvalue weighted by molar-refractivity contribution is -0.387. The summed E-state index contributed by atoms with van der Waals surface area (Å²) in [5.74, 6) is 0.404. The molecule has 0 atom stereocenters. The minimum Gasteiger partial charge on any atom is -0.336 e. The Hall–Kier alpha value is -2.51. The third-order valence-electron chi connectivity index (χ3n) is 2.92. The van der Waals surface area contributed by atoms with E-state index in [0.29, 0.717) is 5.82 Å². The largest absolute Gasteiger partial charge is 0.336 e. The van der Waals surface area contributed by atoms with E-state index in [4.69, 9.17) is 0 Å². The van der Waals surface area contributed by atoms with E-state index in [1.807, 2.05) is 0 Å². The maximum atomic E-state index is 11.1. The summed E-state index contributed by atoms with van der Waals surface area (Å²) in [6.07, 6.45) is 0. The summed E-state index contributed by atoms with van der Waals surface area (Å²) in [4.78, 5) is 27.7. The summed E-state index contributed by atoms with van der Waals surface area (Å²) < 4.78 is 0. The first-order valence-corrected chi connectivity index (χ1v) is 5.12. The number of aromatic nitrogens is 2. The minimum atomic E-state index is -0.561. The quantitative estimate of drug-likeness (QED) is 0.648. The van der Waals surface area contributed by atoms with E-state index in [2.05, 4.69) is 9.97 Å². The van der Waals surface area contributed by atoms with Crippen molar-refractivity contribution in [1.29, 1.82) is 0 Å². The Balaban J connectivity index is 3.06. The molecule has 0 fully saturated rings. The van der Waals surface area contributed by atoms with Crippen LogP contribution >= 0.6 is 0 Å². The summed E-state index contributed by atoms with van der Waals surface area (Å²) in [5.41, 5.74) is 0.347. The van der Waals surface area contributed by atoms with Gasteiger partial charge in [-0.15, -0.1) is 0 Å². The van der Waals surface area contributed by atoms with Gasteiger partial charge in [0.15, 0.2) is 11.0 Å². The minimum absolute atomic E-state index is 0.0345. The van der Waals surface area contributed by atoms with Crippen LogP contribution in [0.1, 0.15) is 17.0 Å². The van der Waals surface area contributed by atoms with Gasteiger partial charge in [-0.3, -0.25) is 20.2 Å². The van der Waals surface area contributed by atoms with E-state index in [1.54, 1.807) is 6.92 Å². The number of hydrogen-bond donors (Lipinski definition) is 1. The van der Waals surface area contributed by atoms with Crippen LogP contribution in [0, 0.1) is 41.0 Å². The number of H-pyrrole nitrogens is 1. The van der Waals surface area contributed by atoms with Gasteiger partial charge in [0.25, 0.3) is 5.69 Å². The average Bonchev–Trinajstić information content (AvgIpc) is 2.58. The highest BCUT2D eigenvalue weighted by Gasteiger charge is 2.30. The number of benzene rings is 1. The third-order valence-corrected chi connectivity index (χ3v) is 2.92. The van der Waals surface area contributed by atoms with Crippen LogP contribution in [0.15, 0.2) is 0 Å². The van der Waals surface area contributed by atoms with Crippen LogP contribution < -0.4 is 0 Å². The molecular formula is C10H10N4O4. The Labute approximate surface area is 101 Å². The van der Waals surface area contributed by atoms with E-state index in [-0.39, 0.29) is 33.5 Å².